The van der Waals surface area contributed by atoms with Gasteiger partial charge in [-0.2, -0.15) is 0 Å². The SMILES string of the molecule is Cc1ccc([C@@H]2NCc3c(sc(C)c3C)-n3cccc32)cc1. The summed E-state index contributed by atoms with van der Waals surface area (Å²) < 4.78 is 2.37. The number of fused-ring (bicyclic) bond motifs is 3. The Morgan fingerprint density at radius 1 is 1.09 bits per heavy atom. The fourth-order valence-corrected chi connectivity index (χ4v) is 4.41. The van der Waals surface area contributed by atoms with E-state index in [-0.39, 0.29) is 6.04 Å². The summed E-state index contributed by atoms with van der Waals surface area (Å²) in [7, 11) is 0. The van der Waals surface area contributed by atoms with Gasteiger partial charge in [0.05, 0.1) is 6.04 Å². The van der Waals surface area contributed by atoms with Crippen LogP contribution in [0.4, 0.5) is 0 Å². The molecule has 0 amide bonds. The molecule has 1 aliphatic heterocycles. The molecule has 0 radical (unpaired) electrons. The maximum absolute atomic E-state index is 3.76. The van der Waals surface area contributed by atoms with Gasteiger partial charge in [-0.05, 0) is 44.0 Å². The van der Waals surface area contributed by atoms with E-state index >= 15 is 0 Å². The molecule has 1 aromatic carbocycles. The van der Waals surface area contributed by atoms with Crippen molar-refractivity contribution in [2.24, 2.45) is 0 Å². The molecule has 0 saturated carbocycles. The zero-order valence-electron chi connectivity index (χ0n) is 13.2. The van der Waals surface area contributed by atoms with Crippen LogP contribution in [0.5, 0.6) is 0 Å². The topological polar surface area (TPSA) is 17.0 Å². The summed E-state index contributed by atoms with van der Waals surface area (Å²) in [6.45, 7) is 7.51. The first kappa shape index (κ1) is 13.8. The summed E-state index contributed by atoms with van der Waals surface area (Å²) in [5, 5.41) is 5.13. The molecule has 0 saturated heterocycles. The van der Waals surface area contributed by atoms with E-state index in [2.05, 4.69) is 73.3 Å². The average molecular weight is 308 g/mol. The van der Waals surface area contributed by atoms with Crippen molar-refractivity contribution in [1.82, 2.24) is 9.88 Å². The van der Waals surface area contributed by atoms with Crippen molar-refractivity contribution < 1.29 is 0 Å². The van der Waals surface area contributed by atoms with Gasteiger partial charge in [0.25, 0.3) is 0 Å². The van der Waals surface area contributed by atoms with Crippen molar-refractivity contribution in [3.63, 3.8) is 0 Å². The van der Waals surface area contributed by atoms with Gasteiger partial charge < -0.3 is 9.88 Å². The van der Waals surface area contributed by atoms with Crippen molar-refractivity contribution >= 4 is 11.3 Å². The lowest BCUT2D eigenvalue weighted by Crippen LogP contribution is -2.21. The van der Waals surface area contributed by atoms with Crippen LogP contribution >= 0.6 is 11.3 Å². The highest BCUT2D eigenvalue weighted by molar-refractivity contribution is 7.14. The molecule has 2 nitrogen and oxygen atoms in total. The van der Waals surface area contributed by atoms with E-state index in [0.29, 0.717) is 0 Å². The van der Waals surface area contributed by atoms with Gasteiger partial charge in [-0.1, -0.05) is 29.8 Å². The van der Waals surface area contributed by atoms with Crippen LogP contribution in [0.15, 0.2) is 42.6 Å². The van der Waals surface area contributed by atoms with Crippen LogP contribution in [-0.2, 0) is 6.54 Å². The lowest BCUT2D eigenvalue weighted by molar-refractivity contribution is 0.600. The van der Waals surface area contributed by atoms with E-state index in [1.54, 1.807) is 0 Å². The maximum Gasteiger partial charge on any atom is 0.104 e. The molecule has 112 valence electrons. The first-order valence-corrected chi connectivity index (χ1v) is 8.53. The van der Waals surface area contributed by atoms with Gasteiger partial charge in [-0.15, -0.1) is 11.3 Å². The second-order valence-electron chi connectivity index (χ2n) is 6.09. The van der Waals surface area contributed by atoms with Crippen LogP contribution < -0.4 is 5.32 Å². The van der Waals surface area contributed by atoms with Crippen LogP contribution in [-0.4, -0.2) is 4.57 Å². The first-order chi connectivity index (χ1) is 10.6. The molecular formula is C19H20N2S. The van der Waals surface area contributed by atoms with Gasteiger partial charge in [0.2, 0.25) is 0 Å². The minimum Gasteiger partial charge on any atom is -0.310 e. The number of hydrogen-bond acceptors (Lipinski definition) is 2. The fourth-order valence-electron chi connectivity index (χ4n) is 3.23. The summed E-state index contributed by atoms with van der Waals surface area (Å²) in [6.07, 6.45) is 2.19. The molecule has 1 N–H and O–H groups in total. The van der Waals surface area contributed by atoms with E-state index in [1.165, 1.54) is 37.8 Å². The van der Waals surface area contributed by atoms with Crippen LogP contribution in [0, 0.1) is 20.8 Å². The third-order valence-corrected chi connectivity index (χ3v) is 5.93. The number of rotatable bonds is 1. The van der Waals surface area contributed by atoms with Crippen LogP contribution in [0.3, 0.4) is 0 Å². The number of aryl methyl sites for hydroxylation is 2. The Morgan fingerprint density at radius 3 is 2.64 bits per heavy atom. The molecule has 4 rings (SSSR count). The molecule has 0 bridgehead atoms. The van der Waals surface area contributed by atoms with Gasteiger partial charge in [-0.25, -0.2) is 0 Å². The molecule has 3 aromatic rings. The van der Waals surface area contributed by atoms with Crippen molar-refractivity contribution in [2.45, 2.75) is 33.4 Å². The molecule has 1 atom stereocenters. The number of hydrogen-bond donors (Lipinski definition) is 1. The zero-order valence-corrected chi connectivity index (χ0v) is 14.0. The number of aromatic nitrogens is 1. The Morgan fingerprint density at radius 2 is 1.86 bits per heavy atom. The largest absolute Gasteiger partial charge is 0.310 e. The molecule has 3 heterocycles. The average Bonchev–Trinajstić information content (AvgIpc) is 3.05. The first-order valence-electron chi connectivity index (χ1n) is 7.71. The standard InChI is InChI=1S/C19H20N2S/c1-12-6-8-15(9-7-12)18-17-5-4-10-21(17)19-16(11-20-18)13(2)14(3)22-19/h4-10,18,20H,11H2,1-3H3/t18-/m0/s1. The quantitative estimate of drug-likeness (QED) is 0.692. The highest BCUT2D eigenvalue weighted by atomic mass is 32.1. The Hall–Kier alpha value is -1.84. The smallest absolute Gasteiger partial charge is 0.104 e. The molecular weight excluding hydrogens is 288 g/mol. The fraction of sp³-hybridized carbons (Fsp3) is 0.263. The van der Waals surface area contributed by atoms with E-state index in [9.17, 15) is 0 Å². The van der Waals surface area contributed by atoms with Gasteiger partial charge >= 0.3 is 0 Å². The predicted molar refractivity (Wildman–Crippen MR) is 93.0 cm³/mol. The van der Waals surface area contributed by atoms with Crippen LogP contribution in [0.25, 0.3) is 5.00 Å². The minimum atomic E-state index is 0.245. The van der Waals surface area contributed by atoms with Crippen molar-refractivity contribution in [1.29, 1.82) is 0 Å². The van der Waals surface area contributed by atoms with E-state index < -0.39 is 0 Å². The van der Waals surface area contributed by atoms with Gasteiger partial charge in [0.15, 0.2) is 0 Å². The van der Waals surface area contributed by atoms with Crippen molar-refractivity contribution in [3.05, 3.63) is 75.4 Å². The molecule has 2 aromatic heterocycles. The van der Waals surface area contributed by atoms with Crippen molar-refractivity contribution in [3.8, 4) is 5.00 Å². The normalized spacial score (nSPS) is 17.0. The number of thiophene rings is 1. The number of nitrogens with zero attached hydrogens (tertiary/aromatic N) is 1. The lowest BCUT2D eigenvalue weighted by atomic mass is 10.0. The molecule has 0 spiro atoms. The molecule has 3 heteroatoms. The number of benzene rings is 1. The zero-order chi connectivity index (χ0) is 15.3. The summed E-state index contributed by atoms with van der Waals surface area (Å²) in [4.78, 5) is 1.42. The summed E-state index contributed by atoms with van der Waals surface area (Å²) >= 11 is 1.90. The molecule has 0 unspecified atom stereocenters. The third kappa shape index (κ3) is 2.04. The van der Waals surface area contributed by atoms with Gasteiger partial charge in [0, 0.05) is 28.9 Å². The molecule has 22 heavy (non-hydrogen) atoms. The Kier molecular flexibility index (Phi) is 3.21. The summed E-state index contributed by atoms with van der Waals surface area (Å²) in [6, 6.07) is 13.5. The van der Waals surface area contributed by atoms with Gasteiger partial charge in [0.1, 0.15) is 5.00 Å². The van der Waals surface area contributed by atoms with E-state index in [1.807, 2.05) is 11.3 Å². The predicted octanol–water partition coefficient (Wildman–Crippen LogP) is 4.66. The minimum absolute atomic E-state index is 0.245. The third-order valence-electron chi connectivity index (χ3n) is 4.68. The van der Waals surface area contributed by atoms with Crippen molar-refractivity contribution in [2.75, 3.05) is 0 Å². The molecule has 1 aliphatic rings. The number of nitrogens with one attached hydrogen (secondary N) is 1. The lowest BCUT2D eigenvalue weighted by Gasteiger charge is -2.18. The Labute approximate surface area is 135 Å². The van der Waals surface area contributed by atoms with E-state index in [0.717, 1.165) is 6.54 Å². The molecule has 0 fully saturated rings. The Bertz CT molecular complexity index is 824. The summed E-state index contributed by atoms with van der Waals surface area (Å²) in [5.41, 5.74) is 6.82. The van der Waals surface area contributed by atoms with Gasteiger partial charge in [-0.3, -0.25) is 0 Å². The second-order valence-corrected chi connectivity index (χ2v) is 7.30. The Balaban J connectivity index is 1.86. The highest BCUT2D eigenvalue weighted by Gasteiger charge is 2.25. The molecule has 0 aliphatic carbocycles. The maximum atomic E-state index is 3.76. The van der Waals surface area contributed by atoms with E-state index in [4.69, 9.17) is 0 Å². The highest BCUT2D eigenvalue weighted by Crippen LogP contribution is 2.37. The monoisotopic (exact) mass is 308 g/mol. The van der Waals surface area contributed by atoms with Crippen LogP contribution in [0.2, 0.25) is 0 Å². The van der Waals surface area contributed by atoms with Crippen LogP contribution in [0.1, 0.15) is 38.9 Å². The second kappa shape index (κ2) is 5.11. The summed E-state index contributed by atoms with van der Waals surface area (Å²) in [5.74, 6) is 0.